The number of carbonyl (C=O) groups is 2. The summed E-state index contributed by atoms with van der Waals surface area (Å²) in [4.78, 5) is 25.4. The number of benzene rings is 2. The number of aromatic nitrogens is 4. The lowest BCUT2D eigenvalue weighted by Gasteiger charge is -2.11. The van der Waals surface area contributed by atoms with Gasteiger partial charge in [0.2, 0.25) is 0 Å². The van der Waals surface area contributed by atoms with E-state index in [9.17, 15) is 9.59 Å². The van der Waals surface area contributed by atoms with Crippen LogP contribution in [0.4, 0.5) is 5.69 Å². The largest absolute Gasteiger partial charge is 0.465 e. The highest BCUT2D eigenvalue weighted by Gasteiger charge is 2.20. The number of nitrogens with one attached hydrogen (secondary N) is 1. The van der Waals surface area contributed by atoms with Crippen molar-refractivity contribution in [3.8, 4) is 11.4 Å². The van der Waals surface area contributed by atoms with Gasteiger partial charge in [-0.3, -0.25) is 4.79 Å². The quantitative estimate of drug-likeness (QED) is 0.223. The molecular formula is C25H23N5O4. The van der Waals surface area contributed by atoms with Crippen LogP contribution in [-0.4, -0.2) is 38.7 Å². The predicted octanol–water partition coefficient (Wildman–Crippen LogP) is 4.53. The highest BCUT2D eigenvalue weighted by Crippen LogP contribution is 2.22. The van der Waals surface area contributed by atoms with Gasteiger partial charge in [0.25, 0.3) is 5.91 Å². The van der Waals surface area contributed by atoms with Crippen LogP contribution >= 0.6 is 0 Å². The van der Waals surface area contributed by atoms with Crippen LogP contribution in [0, 0.1) is 0 Å². The standard InChI is InChI=1S/C25H23N5O4/c1-2-3-15-34-25(32)19-11-13-20(14-12-19)26-24(31)22(17-21-10-7-16-33-21)30-23(27-28-29-30)18-8-5-4-6-9-18/h4-14,16-17H,2-3,15H2,1H3,(H,26,31)/b22-17-. The van der Waals surface area contributed by atoms with Gasteiger partial charge in [-0.05, 0) is 53.2 Å². The van der Waals surface area contributed by atoms with E-state index in [0.29, 0.717) is 29.4 Å². The van der Waals surface area contributed by atoms with Gasteiger partial charge in [0.05, 0.1) is 18.4 Å². The Balaban J connectivity index is 1.58. The molecule has 34 heavy (non-hydrogen) atoms. The average Bonchev–Trinajstić information content (AvgIpc) is 3.56. The molecule has 0 fully saturated rings. The zero-order chi connectivity index (χ0) is 23.8. The van der Waals surface area contributed by atoms with Crippen molar-refractivity contribution in [3.63, 3.8) is 0 Å². The molecule has 172 valence electrons. The fourth-order valence-corrected chi connectivity index (χ4v) is 3.12. The Bertz CT molecular complexity index is 1260. The van der Waals surface area contributed by atoms with Crippen molar-refractivity contribution in [3.05, 3.63) is 84.3 Å². The summed E-state index contributed by atoms with van der Waals surface area (Å²) in [5.74, 6) is 0.00800. The third kappa shape index (κ3) is 5.44. The van der Waals surface area contributed by atoms with Crippen LogP contribution in [0.15, 0.2) is 77.4 Å². The van der Waals surface area contributed by atoms with Crippen LogP contribution in [0.5, 0.6) is 0 Å². The predicted molar refractivity (Wildman–Crippen MR) is 126 cm³/mol. The van der Waals surface area contributed by atoms with Crippen molar-refractivity contribution >= 4 is 29.3 Å². The molecule has 0 saturated carbocycles. The summed E-state index contributed by atoms with van der Waals surface area (Å²) in [6.07, 6.45) is 4.82. The van der Waals surface area contributed by atoms with Crippen LogP contribution in [0.1, 0.15) is 35.9 Å². The number of amides is 1. The molecule has 0 atom stereocenters. The Labute approximate surface area is 196 Å². The molecule has 4 rings (SSSR count). The highest BCUT2D eigenvalue weighted by molar-refractivity contribution is 6.24. The fourth-order valence-electron chi connectivity index (χ4n) is 3.12. The zero-order valence-electron chi connectivity index (χ0n) is 18.5. The molecule has 0 radical (unpaired) electrons. The average molecular weight is 457 g/mol. The van der Waals surface area contributed by atoms with Gasteiger partial charge in [0.15, 0.2) is 5.82 Å². The van der Waals surface area contributed by atoms with Crippen LogP contribution in [0.2, 0.25) is 0 Å². The zero-order valence-corrected chi connectivity index (χ0v) is 18.5. The molecule has 2 heterocycles. The van der Waals surface area contributed by atoms with Crippen molar-refractivity contribution in [2.75, 3.05) is 11.9 Å². The summed E-state index contributed by atoms with van der Waals surface area (Å²) in [6, 6.07) is 19.2. The van der Waals surface area contributed by atoms with Crippen molar-refractivity contribution in [2.24, 2.45) is 0 Å². The van der Waals surface area contributed by atoms with Gasteiger partial charge in [0.1, 0.15) is 11.5 Å². The topological polar surface area (TPSA) is 112 Å². The molecule has 4 aromatic rings. The van der Waals surface area contributed by atoms with Crippen molar-refractivity contribution in [2.45, 2.75) is 19.8 Å². The Kier molecular flexibility index (Phi) is 7.24. The lowest BCUT2D eigenvalue weighted by molar-refractivity contribution is -0.111. The summed E-state index contributed by atoms with van der Waals surface area (Å²) in [5.41, 5.74) is 1.81. The minimum atomic E-state index is -0.459. The van der Waals surface area contributed by atoms with Crippen molar-refractivity contribution < 1.29 is 18.7 Å². The van der Waals surface area contributed by atoms with Crippen molar-refractivity contribution in [1.29, 1.82) is 0 Å². The maximum atomic E-state index is 13.3. The number of hydrogen-bond donors (Lipinski definition) is 1. The molecule has 1 amide bonds. The van der Waals surface area contributed by atoms with E-state index in [1.54, 1.807) is 42.5 Å². The van der Waals surface area contributed by atoms with E-state index in [-0.39, 0.29) is 5.70 Å². The Morgan fingerprint density at radius 1 is 1.06 bits per heavy atom. The minimum absolute atomic E-state index is 0.154. The number of rotatable bonds is 9. The summed E-state index contributed by atoms with van der Waals surface area (Å²) >= 11 is 0. The second-order valence-electron chi connectivity index (χ2n) is 7.35. The molecule has 0 bridgehead atoms. The number of hydrogen-bond acceptors (Lipinski definition) is 7. The number of unbranched alkanes of at least 4 members (excludes halogenated alkanes) is 1. The smallest absolute Gasteiger partial charge is 0.338 e. The molecule has 9 nitrogen and oxygen atoms in total. The number of furan rings is 1. The molecular weight excluding hydrogens is 434 g/mol. The maximum absolute atomic E-state index is 13.3. The Morgan fingerprint density at radius 3 is 2.56 bits per heavy atom. The number of nitrogens with zero attached hydrogens (tertiary/aromatic N) is 4. The summed E-state index contributed by atoms with van der Waals surface area (Å²) in [5, 5.41) is 14.7. The van der Waals surface area contributed by atoms with Gasteiger partial charge >= 0.3 is 5.97 Å². The van der Waals surface area contributed by atoms with Gasteiger partial charge in [0, 0.05) is 17.3 Å². The molecule has 0 spiro atoms. The molecule has 0 unspecified atom stereocenters. The van der Waals surface area contributed by atoms with Crippen LogP contribution in [-0.2, 0) is 9.53 Å². The third-order valence-electron chi connectivity index (χ3n) is 4.89. The van der Waals surface area contributed by atoms with E-state index in [4.69, 9.17) is 9.15 Å². The van der Waals surface area contributed by atoms with Crippen LogP contribution in [0.25, 0.3) is 23.2 Å². The first-order valence-electron chi connectivity index (χ1n) is 10.8. The third-order valence-corrected chi connectivity index (χ3v) is 4.89. The van der Waals surface area contributed by atoms with E-state index >= 15 is 0 Å². The molecule has 0 saturated heterocycles. The highest BCUT2D eigenvalue weighted by atomic mass is 16.5. The fraction of sp³-hybridized carbons (Fsp3) is 0.160. The van der Waals surface area contributed by atoms with E-state index in [1.807, 2.05) is 37.3 Å². The Morgan fingerprint density at radius 2 is 1.85 bits per heavy atom. The van der Waals surface area contributed by atoms with Gasteiger partial charge in [-0.1, -0.05) is 43.7 Å². The van der Waals surface area contributed by atoms with E-state index < -0.39 is 11.9 Å². The van der Waals surface area contributed by atoms with Gasteiger partial charge in [-0.25, -0.2) is 4.79 Å². The molecule has 2 aromatic heterocycles. The van der Waals surface area contributed by atoms with Gasteiger partial charge in [-0.2, -0.15) is 4.68 Å². The lowest BCUT2D eigenvalue weighted by Crippen LogP contribution is -2.19. The maximum Gasteiger partial charge on any atom is 0.338 e. The number of tetrazole rings is 1. The molecule has 0 aliphatic rings. The lowest BCUT2D eigenvalue weighted by atomic mass is 10.2. The monoisotopic (exact) mass is 457 g/mol. The van der Waals surface area contributed by atoms with E-state index in [1.165, 1.54) is 10.9 Å². The van der Waals surface area contributed by atoms with Gasteiger partial charge < -0.3 is 14.5 Å². The number of ether oxygens (including phenoxy) is 1. The van der Waals surface area contributed by atoms with E-state index in [0.717, 1.165) is 18.4 Å². The van der Waals surface area contributed by atoms with Crippen LogP contribution < -0.4 is 5.32 Å². The first kappa shape index (κ1) is 22.7. The molecule has 0 aliphatic heterocycles. The molecule has 9 heteroatoms. The first-order chi connectivity index (χ1) is 16.7. The second kappa shape index (κ2) is 10.9. The molecule has 0 aliphatic carbocycles. The molecule has 2 aromatic carbocycles. The summed E-state index contributed by atoms with van der Waals surface area (Å²) in [6.45, 7) is 2.41. The SMILES string of the molecule is CCCCOC(=O)c1ccc(NC(=O)/C(=C/c2ccco2)n2nnnc2-c2ccccc2)cc1. The summed E-state index contributed by atoms with van der Waals surface area (Å²) in [7, 11) is 0. The van der Waals surface area contributed by atoms with E-state index in [2.05, 4.69) is 20.8 Å². The first-order valence-corrected chi connectivity index (χ1v) is 10.8. The number of esters is 1. The Hall–Kier alpha value is -4.53. The van der Waals surface area contributed by atoms with Crippen LogP contribution in [0.3, 0.4) is 0 Å². The minimum Gasteiger partial charge on any atom is -0.465 e. The van der Waals surface area contributed by atoms with Gasteiger partial charge in [-0.15, -0.1) is 5.10 Å². The molecule has 1 N–H and O–H groups in total. The van der Waals surface area contributed by atoms with Crippen molar-refractivity contribution in [1.82, 2.24) is 20.2 Å². The second-order valence-corrected chi connectivity index (χ2v) is 7.35. The normalized spacial score (nSPS) is 11.3. The number of anilines is 1. The summed E-state index contributed by atoms with van der Waals surface area (Å²) < 4.78 is 12.0. The number of carbonyl (C=O) groups excluding carboxylic acids is 2.